The van der Waals surface area contributed by atoms with E-state index in [0.29, 0.717) is 49.9 Å². The molecule has 0 bridgehead atoms. The Balaban J connectivity index is 1.38. The monoisotopic (exact) mass is 446 g/mol. The number of benzene rings is 1. The number of anilines is 1. The van der Waals surface area contributed by atoms with Crippen LogP contribution in [0.4, 0.5) is 19.0 Å². The van der Waals surface area contributed by atoms with Gasteiger partial charge in [-0.2, -0.15) is 13.2 Å². The molecule has 2 aromatic rings. The van der Waals surface area contributed by atoms with Crippen molar-refractivity contribution in [2.75, 3.05) is 31.1 Å². The van der Waals surface area contributed by atoms with Crippen LogP contribution in [0.15, 0.2) is 30.3 Å². The van der Waals surface area contributed by atoms with Gasteiger partial charge in [0.15, 0.2) is 5.82 Å². The normalized spacial score (nSPS) is 17.8. The summed E-state index contributed by atoms with van der Waals surface area (Å²) in [5.74, 6) is 2.10. The van der Waals surface area contributed by atoms with Gasteiger partial charge in [0.25, 0.3) is 0 Å². The minimum Gasteiger partial charge on any atom is -0.353 e. The minimum atomic E-state index is -4.37. The lowest BCUT2D eigenvalue weighted by molar-refractivity contribution is -0.137. The highest BCUT2D eigenvalue weighted by Crippen LogP contribution is 2.31. The lowest BCUT2D eigenvalue weighted by Crippen LogP contribution is -2.49. The van der Waals surface area contributed by atoms with Crippen LogP contribution in [0.2, 0.25) is 0 Å². The van der Waals surface area contributed by atoms with Crippen molar-refractivity contribution < 1.29 is 18.0 Å². The van der Waals surface area contributed by atoms with Gasteiger partial charge in [-0.15, -0.1) is 0 Å². The Kier molecular flexibility index (Phi) is 6.67. The average molecular weight is 447 g/mol. The van der Waals surface area contributed by atoms with Gasteiger partial charge in [-0.25, -0.2) is 9.97 Å². The quantitative estimate of drug-likeness (QED) is 0.642. The van der Waals surface area contributed by atoms with E-state index in [1.165, 1.54) is 37.8 Å². The third-order valence-corrected chi connectivity index (χ3v) is 6.51. The van der Waals surface area contributed by atoms with Gasteiger partial charge >= 0.3 is 6.18 Å². The summed E-state index contributed by atoms with van der Waals surface area (Å²) < 4.78 is 38.5. The number of piperazine rings is 1. The number of alkyl halides is 3. The van der Waals surface area contributed by atoms with Crippen molar-refractivity contribution in [1.29, 1.82) is 0 Å². The summed E-state index contributed by atoms with van der Waals surface area (Å²) in [5, 5.41) is 0. The molecular formula is C24H29F3N4O. The fourth-order valence-corrected chi connectivity index (χ4v) is 4.62. The van der Waals surface area contributed by atoms with Crippen molar-refractivity contribution in [1.82, 2.24) is 14.9 Å². The minimum absolute atomic E-state index is 0.237. The summed E-state index contributed by atoms with van der Waals surface area (Å²) in [5.41, 5.74) is 0.603. The van der Waals surface area contributed by atoms with Crippen molar-refractivity contribution in [2.45, 2.75) is 51.6 Å². The number of carbonyl (C=O) groups excluding carboxylic acids is 1. The molecular weight excluding hydrogens is 417 g/mol. The van der Waals surface area contributed by atoms with Crippen LogP contribution in [-0.4, -0.2) is 47.0 Å². The molecule has 0 atom stereocenters. The number of aromatic nitrogens is 2. The Morgan fingerprint density at radius 1 is 1.03 bits per heavy atom. The van der Waals surface area contributed by atoms with Gasteiger partial charge in [-0.3, -0.25) is 4.79 Å². The topological polar surface area (TPSA) is 49.3 Å². The second-order valence-corrected chi connectivity index (χ2v) is 8.82. The third-order valence-electron chi connectivity index (χ3n) is 6.51. The molecule has 2 heterocycles. The van der Waals surface area contributed by atoms with E-state index in [1.54, 1.807) is 0 Å². The number of hydrogen-bond donors (Lipinski definition) is 0. The molecule has 1 aromatic carbocycles. The highest BCUT2D eigenvalue weighted by Gasteiger charge is 2.30. The van der Waals surface area contributed by atoms with Crippen LogP contribution < -0.4 is 4.90 Å². The van der Waals surface area contributed by atoms with Gasteiger partial charge in [0.2, 0.25) is 5.91 Å². The number of halogens is 3. The number of aryl methyl sites for hydroxylation is 1. The predicted octanol–water partition coefficient (Wildman–Crippen LogP) is 5.09. The first-order chi connectivity index (χ1) is 15.3. The smallest absolute Gasteiger partial charge is 0.353 e. The van der Waals surface area contributed by atoms with E-state index in [1.807, 2.05) is 17.9 Å². The van der Waals surface area contributed by atoms with Crippen molar-refractivity contribution >= 4 is 11.7 Å². The standard InChI is InChI=1S/C24H29F3N4O/c1-17-16-21(29-23(28-17)19-7-9-20(10-8-19)24(25,26)27)30-12-14-31(15-13-30)22(32)11-6-18-4-2-3-5-18/h7-10,16,18H,2-6,11-15H2,1H3. The molecule has 8 heteroatoms. The first kappa shape index (κ1) is 22.6. The summed E-state index contributed by atoms with van der Waals surface area (Å²) in [7, 11) is 0. The van der Waals surface area contributed by atoms with Crippen LogP contribution in [0.25, 0.3) is 11.4 Å². The first-order valence-electron chi connectivity index (χ1n) is 11.4. The van der Waals surface area contributed by atoms with Crippen LogP contribution in [0.5, 0.6) is 0 Å². The summed E-state index contributed by atoms with van der Waals surface area (Å²) in [6, 6.07) is 6.79. The third kappa shape index (κ3) is 5.40. The summed E-state index contributed by atoms with van der Waals surface area (Å²) >= 11 is 0. The van der Waals surface area contributed by atoms with Gasteiger partial charge in [0.05, 0.1) is 5.56 Å². The summed E-state index contributed by atoms with van der Waals surface area (Å²) in [4.78, 5) is 25.7. The summed E-state index contributed by atoms with van der Waals surface area (Å²) in [6.07, 6.45) is 2.38. The lowest BCUT2D eigenvalue weighted by atomic mass is 10.0. The van der Waals surface area contributed by atoms with E-state index in [2.05, 4.69) is 14.9 Å². The Bertz CT molecular complexity index is 931. The highest BCUT2D eigenvalue weighted by molar-refractivity contribution is 5.76. The van der Waals surface area contributed by atoms with Crippen molar-refractivity contribution in [3.05, 3.63) is 41.6 Å². The molecule has 2 aliphatic rings. The molecule has 5 nitrogen and oxygen atoms in total. The molecule has 0 unspecified atom stereocenters. The van der Waals surface area contributed by atoms with E-state index in [9.17, 15) is 18.0 Å². The van der Waals surface area contributed by atoms with E-state index < -0.39 is 11.7 Å². The average Bonchev–Trinajstić information content (AvgIpc) is 3.30. The Morgan fingerprint density at radius 2 is 1.69 bits per heavy atom. The zero-order chi connectivity index (χ0) is 22.7. The van der Waals surface area contributed by atoms with Crippen LogP contribution in [-0.2, 0) is 11.0 Å². The predicted molar refractivity (Wildman–Crippen MR) is 117 cm³/mol. The molecule has 1 saturated carbocycles. The van der Waals surface area contributed by atoms with Gasteiger partial charge < -0.3 is 9.80 Å². The van der Waals surface area contributed by atoms with E-state index in [-0.39, 0.29) is 5.91 Å². The number of nitrogens with zero attached hydrogens (tertiary/aromatic N) is 4. The van der Waals surface area contributed by atoms with Crippen LogP contribution in [0.1, 0.15) is 49.8 Å². The number of carbonyl (C=O) groups is 1. The fraction of sp³-hybridized carbons (Fsp3) is 0.542. The number of amides is 1. The molecule has 1 aliphatic carbocycles. The molecule has 172 valence electrons. The molecule has 4 rings (SSSR count). The molecule has 1 aliphatic heterocycles. The highest BCUT2D eigenvalue weighted by atomic mass is 19.4. The maximum atomic E-state index is 12.8. The van der Waals surface area contributed by atoms with Gasteiger partial charge in [-0.05, 0) is 31.4 Å². The van der Waals surface area contributed by atoms with Crippen molar-refractivity contribution in [2.24, 2.45) is 5.92 Å². The largest absolute Gasteiger partial charge is 0.416 e. The molecule has 1 amide bonds. The van der Waals surface area contributed by atoms with E-state index in [4.69, 9.17) is 0 Å². The van der Waals surface area contributed by atoms with Crippen LogP contribution in [0.3, 0.4) is 0 Å². The molecule has 0 N–H and O–H groups in total. The maximum absolute atomic E-state index is 12.8. The SMILES string of the molecule is Cc1cc(N2CCN(C(=O)CCC3CCCC3)CC2)nc(-c2ccc(C(F)(F)F)cc2)n1. The second-order valence-electron chi connectivity index (χ2n) is 8.82. The fourth-order valence-electron chi connectivity index (χ4n) is 4.62. The van der Waals surface area contributed by atoms with Gasteiger partial charge in [0, 0.05) is 49.9 Å². The molecule has 0 radical (unpaired) electrons. The molecule has 2 fully saturated rings. The van der Waals surface area contributed by atoms with E-state index >= 15 is 0 Å². The summed E-state index contributed by atoms with van der Waals surface area (Å²) in [6.45, 7) is 4.52. The van der Waals surface area contributed by atoms with Gasteiger partial charge in [-0.1, -0.05) is 37.8 Å². The Labute approximate surface area is 186 Å². The maximum Gasteiger partial charge on any atom is 0.416 e. The zero-order valence-electron chi connectivity index (χ0n) is 18.4. The van der Waals surface area contributed by atoms with Crippen LogP contribution in [0, 0.1) is 12.8 Å². The first-order valence-corrected chi connectivity index (χ1v) is 11.4. The lowest BCUT2D eigenvalue weighted by Gasteiger charge is -2.35. The van der Waals surface area contributed by atoms with Crippen LogP contribution >= 0.6 is 0 Å². The number of rotatable bonds is 5. The molecule has 0 spiro atoms. The second kappa shape index (κ2) is 9.46. The van der Waals surface area contributed by atoms with Crippen molar-refractivity contribution in [3.63, 3.8) is 0 Å². The number of hydrogen-bond acceptors (Lipinski definition) is 4. The molecule has 1 saturated heterocycles. The van der Waals surface area contributed by atoms with Crippen molar-refractivity contribution in [3.8, 4) is 11.4 Å². The Morgan fingerprint density at radius 3 is 2.31 bits per heavy atom. The molecule has 32 heavy (non-hydrogen) atoms. The zero-order valence-corrected chi connectivity index (χ0v) is 18.4. The van der Waals surface area contributed by atoms with Gasteiger partial charge in [0.1, 0.15) is 5.82 Å². The Hall–Kier alpha value is -2.64. The van der Waals surface area contributed by atoms with E-state index in [0.717, 1.165) is 30.1 Å². The molecule has 1 aromatic heterocycles.